The molecule has 104 valence electrons. The first-order chi connectivity index (χ1) is 8.77. The summed E-state index contributed by atoms with van der Waals surface area (Å²) in [6.07, 6.45) is -5.11. The molecule has 19 heavy (non-hydrogen) atoms. The number of anilines is 1. The van der Waals surface area contributed by atoms with Crippen LogP contribution in [0.15, 0.2) is 18.2 Å². The van der Waals surface area contributed by atoms with Gasteiger partial charge in [0.15, 0.2) is 0 Å². The molecule has 1 heterocycles. The molecule has 1 aromatic carbocycles. The first-order valence-electron chi connectivity index (χ1n) is 5.68. The normalized spacial score (nSPS) is 18.9. The molecule has 1 atom stereocenters. The monoisotopic (exact) mass is 274 g/mol. The zero-order valence-corrected chi connectivity index (χ0v) is 10.2. The molecule has 1 amide bonds. The number of hydrogen-bond acceptors (Lipinski definition) is 2. The minimum Gasteiger partial charge on any atom is -0.465 e. The fourth-order valence-electron chi connectivity index (χ4n) is 2.30. The summed E-state index contributed by atoms with van der Waals surface area (Å²) >= 11 is 0. The smallest absolute Gasteiger partial charge is 0.416 e. The predicted molar refractivity (Wildman–Crippen MR) is 63.4 cm³/mol. The van der Waals surface area contributed by atoms with Gasteiger partial charge in [0.25, 0.3) is 0 Å². The average Bonchev–Trinajstić information content (AvgIpc) is 2.26. The molecule has 0 saturated carbocycles. The van der Waals surface area contributed by atoms with E-state index in [-0.39, 0.29) is 6.04 Å². The molecule has 4 nitrogen and oxygen atoms in total. The van der Waals surface area contributed by atoms with E-state index in [9.17, 15) is 18.0 Å². The summed E-state index contributed by atoms with van der Waals surface area (Å²) in [5, 5.41) is 11.0. The van der Waals surface area contributed by atoms with Crippen molar-refractivity contribution in [2.75, 3.05) is 18.5 Å². The third-order valence-electron chi connectivity index (χ3n) is 3.11. The molecular weight excluding hydrogens is 261 g/mol. The highest BCUT2D eigenvalue weighted by Gasteiger charge is 2.32. The van der Waals surface area contributed by atoms with Crippen molar-refractivity contribution in [1.82, 2.24) is 5.32 Å². The van der Waals surface area contributed by atoms with E-state index < -0.39 is 17.8 Å². The van der Waals surface area contributed by atoms with Crippen LogP contribution in [0.3, 0.4) is 0 Å². The Balaban J connectivity index is 2.28. The van der Waals surface area contributed by atoms with Crippen molar-refractivity contribution in [3.63, 3.8) is 0 Å². The van der Waals surface area contributed by atoms with E-state index in [1.165, 1.54) is 6.07 Å². The van der Waals surface area contributed by atoms with Crippen molar-refractivity contribution < 1.29 is 23.1 Å². The molecule has 1 aromatic rings. The number of hydrogen-bond donors (Lipinski definition) is 2. The summed E-state index contributed by atoms with van der Waals surface area (Å²) in [7, 11) is 1.65. The molecule has 2 rings (SSSR count). The van der Waals surface area contributed by atoms with Crippen LogP contribution in [0.1, 0.15) is 11.1 Å². The van der Waals surface area contributed by atoms with Crippen LogP contribution in [0.4, 0.5) is 23.7 Å². The van der Waals surface area contributed by atoms with E-state index in [2.05, 4.69) is 5.32 Å². The van der Waals surface area contributed by atoms with E-state index in [0.29, 0.717) is 24.2 Å². The maximum atomic E-state index is 12.6. The van der Waals surface area contributed by atoms with Crippen molar-refractivity contribution in [2.24, 2.45) is 0 Å². The number of amides is 1. The Morgan fingerprint density at radius 3 is 2.74 bits per heavy atom. The van der Waals surface area contributed by atoms with Crippen LogP contribution in [0.2, 0.25) is 0 Å². The second-order valence-electron chi connectivity index (χ2n) is 4.57. The molecule has 0 saturated heterocycles. The van der Waals surface area contributed by atoms with E-state index in [4.69, 9.17) is 5.11 Å². The molecule has 7 heteroatoms. The van der Waals surface area contributed by atoms with Gasteiger partial charge in [-0.05, 0) is 24.1 Å². The number of carboxylic acid groups (broad SMARTS) is 1. The number of likely N-dealkylation sites (N-methyl/N-ethyl adjacent to an activating group) is 1. The molecule has 0 radical (unpaired) electrons. The molecule has 0 fully saturated rings. The Hall–Kier alpha value is -1.92. The Morgan fingerprint density at radius 2 is 2.16 bits per heavy atom. The molecule has 1 unspecified atom stereocenters. The second kappa shape index (κ2) is 4.64. The Kier molecular flexibility index (Phi) is 3.30. The van der Waals surface area contributed by atoms with Crippen molar-refractivity contribution >= 4 is 11.8 Å². The SMILES string of the molecule is CN1CC(NC(=O)O)Cc2ccc(C(F)(F)F)cc21. The summed E-state index contributed by atoms with van der Waals surface area (Å²) in [4.78, 5) is 12.2. The van der Waals surface area contributed by atoms with E-state index in [1.54, 1.807) is 11.9 Å². The molecule has 1 aliphatic rings. The van der Waals surface area contributed by atoms with Crippen molar-refractivity contribution in [3.05, 3.63) is 29.3 Å². The zero-order chi connectivity index (χ0) is 14.2. The summed E-state index contributed by atoms with van der Waals surface area (Å²) in [5.41, 5.74) is 0.515. The van der Waals surface area contributed by atoms with E-state index in [1.807, 2.05) is 0 Å². The topological polar surface area (TPSA) is 52.6 Å². The van der Waals surface area contributed by atoms with E-state index >= 15 is 0 Å². The maximum absolute atomic E-state index is 12.6. The van der Waals surface area contributed by atoms with Gasteiger partial charge in [-0.15, -0.1) is 0 Å². The lowest BCUT2D eigenvalue weighted by molar-refractivity contribution is -0.137. The minimum atomic E-state index is -4.37. The van der Waals surface area contributed by atoms with Crippen molar-refractivity contribution in [3.8, 4) is 0 Å². The number of nitrogens with zero attached hydrogens (tertiary/aromatic N) is 1. The molecule has 0 bridgehead atoms. The zero-order valence-electron chi connectivity index (χ0n) is 10.2. The lowest BCUT2D eigenvalue weighted by Gasteiger charge is -2.33. The number of nitrogens with one attached hydrogen (secondary N) is 1. The number of carbonyl (C=O) groups is 1. The second-order valence-corrected chi connectivity index (χ2v) is 4.57. The number of benzene rings is 1. The summed E-state index contributed by atoms with van der Waals surface area (Å²) < 4.78 is 37.9. The fourth-order valence-corrected chi connectivity index (χ4v) is 2.30. The highest BCUT2D eigenvalue weighted by atomic mass is 19.4. The van der Waals surface area contributed by atoms with Gasteiger partial charge in [-0.2, -0.15) is 13.2 Å². The van der Waals surface area contributed by atoms with Crippen LogP contribution in [0.25, 0.3) is 0 Å². The number of alkyl halides is 3. The average molecular weight is 274 g/mol. The van der Waals surface area contributed by atoms with Crippen LogP contribution < -0.4 is 10.2 Å². The lowest BCUT2D eigenvalue weighted by Crippen LogP contribution is -2.46. The van der Waals surface area contributed by atoms with Gasteiger partial charge in [-0.25, -0.2) is 4.79 Å². The maximum Gasteiger partial charge on any atom is 0.416 e. The van der Waals surface area contributed by atoms with Crippen LogP contribution >= 0.6 is 0 Å². The fraction of sp³-hybridized carbons (Fsp3) is 0.417. The largest absolute Gasteiger partial charge is 0.465 e. The number of rotatable bonds is 1. The van der Waals surface area contributed by atoms with Gasteiger partial charge in [-0.3, -0.25) is 0 Å². The number of halogens is 3. The molecule has 0 spiro atoms. The van der Waals surface area contributed by atoms with Crippen LogP contribution in [-0.4, -0.2) is 30.8 Å². The van der Waals surface area contributed by atoms with Gasteiger partial charge in [-0.1, -0.05) is 6.07 Å². The van der Waals surface area contributed by atoms with Gasteiger partial charge >= 0.3 is 12.3 Å². The first kappa shape index (κ1) is 13.5. The highest BCUT2D eigenvalue weighted by molar-refractivity contribution is 5.66. The Labute approximate surface area is 107 Å². The summed E-state index contributed by atoms with van der Waals surface area (Å²) in [5.74, 6) is 0. The number of fused-ring (bicyclic) bond motifs is 1. The quantitative estimate of drug-likeness (QED) is 0.826. The molecule has 0 aliphatic carbocycles. The molecule has 0 aromatic heterocycles. The molecule has 2 N–H and O–H groups in total. The Bertz CT molecular complexity index is 502. The van der Waals surface area contributed by atoms with Gasteiger partial charge in [0.05, 0.1) is 11.6 Å². The standard InChI is InChI=1S/C12H13F3N2O2/c1-17-6-9(16-11(18)19)4-7-2-3-8(5-10(7)17)12(13,14)15/h2-3,5,9,16H,4,6H2,1H3,(H,18,19). The third-order valence-corrected chi connectivity index (χ3v) is 3.11. The highest BCUT2D eigenvalue weighted by Crippen LogP contribution is 2.35. The Morgan fingerprint density at radius 1 is 1.47 bits per heavy atom. The lowest BCUT2D eigenvalue weighted by atomic mass is 9.96. The van der Waals surface area contributed by atoms with Crippen LogP contribution in [0, 0.1) is 0 Å². The van der Waals surface area contributed by atoms with Gasteiger partial charge < -0.3 is 15.3 Å². The van der Waals surface area contributed by atoms with Crippen molar-refractivity contribution in [2.45, 2.75) is 18.6 Å². The van der Waals surface area contributed by atoms with Crippen LogP contribution in [0.5, 0.6) is 0 Å². The molecular formula is C12H13F3N2O2. The first-order valence-corrected chi connectivity index (χ1v) is 5.68. The van der Waals surface area contributed by atoms with E-state index in [0.717, 1.165) is 12.1 Å². The van der Waals surface area contributed by atoms with Crippen molar-refractivity contribution in [1.29, 1.82) is 0 Å². The van der Waals surface area contributed by atoms with Gasteiger partial charge in [0.2, 0.25) is 0 Å². The third kappa shape index (κ3) is 2.91. The van der Waals surface area contributed by atoms with Gasteiger partial charge in [0, 0.05) is 19.3 Å². The van der Waals surface area contributed by atoms with Gasteiger partial charge in [0.1, 0.15) is 0 Å². The minimum absolute atomic E-state index is 0.313. The molecule has 1 aliphatic heterocycles. The summed E-state index contributed by atoms with van der Waals surface area (Å²) in [6.45, 7) is 0.348. The van der Waals surface area contributed by atoms with Crippen LogP contribution in [-0.2, 0) is 12.6 Å². The predicted octanol–water partition coefficient (Wildman–Crippen LogP) is 2.33. The summed E-state index contributed by atoms with van der Waals surface area (Å²) in [6, 6.07) is 3.22.